The standard InChI is InChI=1S/C24H19ClN2O3/c1-14-2-4-15(5-3-14)19-12-20-18-11-17(25)7-9-21(18)30-24(27(20)26-19)16-6-8-22-23(10-16)29-13-28-22/h2-11,20,24H,12-13H2,1H3/t20-,24+/m1/s1. The lowest BCUT2D eigenvalue weighted by Gasteiger charge is -2.38. The first-order valence-corrected chi connectivity index (χ1v) is 10.3. The average molecular weight is 419 g/mol. The highest BCUT2D eigenvalue weighted by atomic mass is 35.5. The van der Waals surface area contributed by atoms with Gasteiger partial charge in [-0.15, -0.1) is 0 Å². The van der Waals surface area contributed by atoms with Crippen LogP contribution in [0.15, 0.2) is 65.8 Å². The average Bonchev–Trinajstić information content (AvgIpc) is 3.40. The van der Waals surface area contributed by atoms with Gasteiger partial charge in [-0.2, -0.15) is 5.10 Å². The van der Waals surface area contributed by atoms with E-state index in [4.69, 9.17) is 30.9 Å². The number of aryl methyl sites for hydroxylation is 1. The molecule has 0 N–H and O–H groups in total. The first-order valence-electron chi connectivity index (χ1n) is 9.94. The summed E-state index contributed by atoms with van der Waals surface area (Å²) in [7, 11) is 0. The maximum atomic E-state index is 6.41. The molecule has 6 rings (SSSR count). The van der Waals surface area contributed by atoms with Crippen molar-refractivity contribution in [1.29, 1.82) is 0 Å². The minimum atomic E-state index is -0.360. The summed E-state index contributed by atoms with van der Waals surface area (Å²) in [5, 5.41) is 7.74. The summed E-state index contributed by atoms with van der Waals surface area (Å²) in [6.45, 7) is 2.33. The zero-order valence-corrected chi connectivity index (χ0v) is 17.1. The molecule has 3 heterocycles. The van der Waals surface area contributed by atoms with Crippen LogP contribution in [0.2, 0.25) is 5.02 Å². The fraction of sp³-hybridized carbons (Fsp3) is 0.208. The lowest BCUT2D eigenvalue weighted by atomic mass is 9.95. The Morgan fingerprint density at radius 3 is 2.60 bits per heavy atom. The number of hydrogen-bond acceptors (Lipinski definition) is 5. The highest BCUT2D eigenvalue weighted by Crippen LogP contribution is 2.49. The molecule has 3 aromatic rings. The lowest BCUT2D eigenvalue weighted by molar-refractivity contribution is -0.0191. The smallest absolute Gasteiger partial charge is 0.231 e. The molecule has 3 aliphatic rings. The monoisotopic (exact) mass is 418 g/mol. The first-order chi connectivity index (χ1) is 14.7. The van der Waals surface area contributed by atoms with Gasteiger partial charge >= 0.3 is 0 Å². The largest absolute Gasteiger partial charge is 0.464 e. The van der Waals surface area contributed by atoms with E-state index in [9.17, 15) is 0 Å². The van der Waals surface area contributed by atoms with E-state index in [1.165, 1.54) is 5.56 Å². The molecule has 0 radical (unpaired) electrons. The summed E-state index contributed by atoms with van der Waals surface area (Å²) >= 11 is 6.31. The van der Waals surface area contributed by atoms with Crippen LogP contribution in [0, 0.1) is 6.92 Å². The second kappa shape index (κ2) is 6.67. The Morgan fingerprint density at radius 2 is 1.73 bits per heavy atom. The Balaban J connectivity index is 1.45. The minimum absolute atomic E-state index is 0.0548. The molecule has 6 heteroatoms. The van der Waals surface area contributed by atoms with Gasteiger partial charge in [-0.05, 0) is 48.9 Å². The van der Waals surface area contributed by atoms with Gasteiger partial charge in [0.1, 0.15) is 5.75 Å². The fourth-order valence-electron chi connectivity index (χ4n) is 4.27. The van der Waals surface area contributed by atoms with Crippen molar-refractivity contribution in [3.05, 3.63) is 87.9 Å². The number of benzene rings is 3. The molecule has 2 atom stereocenters. The molecule has 0 bridgehead atoms. The molecule has 3 aliphatic heterocycles. The quantitative estimate of drug-likeness (QED) is 0.541. The second-order valence-corrected chi connectivity index (χ2v) is 8.21. The van der Waals surface area contributed by atoms with E-state index in [2.05, 4.69) is 31.2 Å². The highest BCUT2D eigenvalue weighted by Gasteiger charge is 2.41. The first kappa shape index (κ1) is 17.7. The van der Waals surface area contributed by atoms with E-state index in [0.29, 0.717) is 5.02 Å². The summed E-state index contributed by atoms with van der Waals surface area (Å²) in [6, 6.07) is 20.2. The maximum Gasteiger partial charge on any atom is 0.231 e. The van der Waals surface area contributed by atoms with E-state index < -0.39 is 0 Å². The number of nitrogens with zero attached hydrogens (tertiary/aromatic N) is 2. The van der Waals surface area contributed by atoms with E-state index in [1.807, 2.05) is 41.4 Å². The van der Waals surface area contributed by atoms with Gasteiger partial charge in [0.2, 0.25) is 13.0 Å². The molecule has 150 valence electrons. The number of hydrogen-bond donors (Lipinski definition) is 0. The molecule has 0 unspecified atom stereocenters. The Bertz CT molecular complexity index is 1180. The topological polar surface area (TPSA) is 43.3 Å². The number of halogens is 1. The third kappa shape index (κ3) is 2.81. The van der Waals surface area contributed by atoms with Crippen molar-refractivity contribution in [2.45, 2.75) is 25.6 Å². The van der Waals surface area contributed by atoms with Gasteiger partial charge < -0.3 is 14.2 Å². The molecule has 0 fully saturated rings. The van der Waals surface area contributed by atoms with E-state index in [1.54, 1.807) is 0 Å². The molecule has 0 aromatic heterocycles. The van der Waals surface area contributed by atoms with Crippen molar-refractivity contribution in [2.24, 2.45) is 5.10 Å². The highest BCUT2D eigenvalue weighted by molar-refractivity contribution is 6.30. The van der Waals surface area contributed by atoms with Crippen molar-refractivity contribution < 1.29 is 14.2 Å². The minimum Gasteiger partial charge on any atom is -0.464 e. The van der Waals surface area contributed by atoms with Crippen LogP contribution in [-0.4, -0.2) is 17.5 Å². The summed E-state index contributed by atoms with van der Waals surface area (Å²) in [5.74, 6) is 2.32. The van der Waals surface area contributed by atoms with E-state index in [0.717, 1.165) is 46.1 Å². The molecule has 0 spiro atoms. The molecule has 30 heavy (non-hydrogen) atoms. The van der Waals surface area contributed by atoms with Crippen LogP contribution in [0.5, 0.6) is 17.2 Å². The van der Waals surface area contributed by atoms with Crippen molar-refractivity contribution in [1.82, 2.24) is 5.01 Å². The predicted molar refractivity (Wildman–Crippen MR) is 114 cm³/mol. The van der Waals surface area contributed by atoms with Crippen molar-refractivity contribution in [3.8, 4) is 17.2 Å². The Morgan fingerprint density at radius 1 is 0.933 bits per heavy atom. The maximum absolute atomic E-state index is 6.41. The Hall–Kier alpha value is -3.18. The van der Waals surface area contributed by atoms with Crippen LogP contribution < -0.4 is 14.2 Å². The third-order valence-electron chi connectivity index (χ3n) is 5.82. The Labute approximate surface area is 179 Å². The second-order valence-electron chi connectivity index (χ2n) is 7.78. The summed E-state index contributed by atoms with van der Waals surface area (Å²) in [6.07, 6.45) is 0.432. The normalized spacial score (nSPS) is 21.0. The lowest BCUT2D eigenvalue weighted by Crippen LogP contribution is -2.33. The number of ether oxygens (including phenoxy) is 3. The van der Waals surface area contributed by atoms with Crippen LogP contribution in [0.1, 0.15) is 40.9 Å². The SMILES string of the molecule is Cc1ccc(C2=NN3[C@H](C2)c2cc(Cl)ccc2O[C@H]3c2ccc3c(c2)OCO3)cc1. The molecular formula is C24H19ClN2O3. The van der Waals surface area contributed by atoms with Crippen molar-refractivity contribution in [2.75, 3.05) is 6.79 Å². The molecule has 3 aromatic carbocycles. The van der Waals surface area contributed by atoms with Crippen LogP contribution >= 0.6 is 11.6 Å². The van der Waals surface area contributed by atoms with Gasteiger partial charge in [0, 0.05) is 22.6 Å². The molecule has 5 nitrogen and oxygen atoms in total. The molecule has 0 saturated heterocycles. The Kier molecular flexibility index (Phi) is 3.93. The van der Waals surface area contributed by atoms with E-state index >= 15 is 0 Å². The van der Waals surface area contributed by atoms with Crippen LogP contribution in [0.25, 0.3) is 0 Å². The van der Waals surface area contributed by atoms with E-state index in [-0.39, 0.29) is 19.1 Å². The zero-order chi connectivity index (χ0) is 20.2. The van der Waals surface area contributed by atoms with Gasteiger partial charge in [0.15, 0.2) is 11.5 Å². The fourth-order valence-corrected chi connectivity index (χ4v) is 4.45. The number of hydrazone groups is 1. The van der Waals surface area contributed by atoms with Gasteiger partial charge in [0.25, 0.3) is 0 Å². The van der Waals surface area contributed by atoms with Crippen LogP contribution in [0.4, 0.5) is 0 Å². The molecule has 0 amide bonds. The zero-order valence-electron chi connectivity index (χ0n) is 16.3. The number of fused-ring (bicyclic) bond motifs is 4. The summed E-state index contributed by atoms with van der Waals surface area (Å²) in [4.78, 5) is 0. The molecule has 0 aliphatic carbocycles. The summed E-state index contributed by atoms with van der Waals surface area (Å²) < 4.78 is 17.5. The van der Waals surface area contributed by atoms with Crippen LogP contribution in [-0.2, 0) is 0 Å². The predicted octanol–water partition coefficient (Wildman–Crippen LogP) is 5.62. The van der Waals surface area contributed by atoms with Gasteiger partial charge in [-0.3, -0.25) is 0 Å². The molecule has 0 saturated carbocycles. The van der Waals surface area contributed by atoms with Crippen molar-refractivity contribution >= 4 is 17.3 Å². The third-order valence-corrected chi connectivity index (χ3v) is 6.05. The van der Waals surface area contributed by atoms with Crippen molar-refractivity contribution in [3.63, 3.8) is 0 Å². The number of rotatable bonds is 2. The van der Waals surface area contributed by atoms with Gasteiger partial charge in [-0.1, -0.05) is 41.4 Å². The molecular weight excluding hydrogens is 400 g/mol. The summed E-state index contributed by atoms with van der Waals surface area (Å²) in [5.41, 5.74) is 5.43. The van der Waals surface area contributed by atoms with Gasteiger partial charge in [-0.25, -0.2) is 5.01 Å². The van der Waals surface area contributed by atoms with Crippen LogP contribution in [0.3, 0.4) is 0 Å². The van der Waals surface area contributed by atoms with Gasteiger partial charge in [0.05, 0.1) is 11.8 Å².